The minimum atomic E-state index is -4.54. The van der Waals surface area contributed by atoms with Gasteiger partial charge in [-0.05, 0) is 145 Å². The molecule has 404 valence electrons. The van der Waals surface area contributed by atoms with Crippen molar-refractivity contribution in [2.24, 2.45) is 5.41 Å². The van der Waals surface area contributed by atoms with E-state index < -0.39 is 29.9 Å². The Bertz CT molecular complexity index is 2890. The summed E-state index contributed by atoms with van der Waals surface area (Å²) in [6.45, 7) is 7.91. The van der Waals surface area contributed by atoms with Gasteiger partial charge in [0.2, 0.25) is 5.91 Å². The van der Waals surface area contributed by atoms with Gasteiger partial charge < -0.3 is 25.9 Å². The number of urea groups is 1. The van der Waals surface area contributed by atoms with Gasteiger partial charge >= 0.3 is 12.2 Å². The Morgan fingerprint density at radius 2 is 1.68 bits per heavy atom. The Kier molecular flexibility index (Phi) is 18.0. The SMILES string of the molecule is CN1CCCC1C(O)NCCCCC/C=C/c1cnc(N)c2c(-c3ccc(C(=O)Nc4cc(C(F)(F)F)ccn4)cc3)[nH]nc12.Cc1ccc(C(=O)N2CCC3(CCN(CC=O)CC3)CC2)cc1N1CCC(=O)NC1=O. The van der Waals surface area contributed by atoms with E-state index in [0.29, 0.717) is 52.3 Å². The van der Waals surface area contributed by atoms with Crippen LogP contribution in [0, 0.1) is 12.3 Å². The minimum absolute atomic E-state index is 0.0111. The molecule has 0 radical (unpaired) electrons. The number of aliphatic hydroxyl groups excluding tert-OH is 1. The van der Waals surface area contributed by atoms with Crippen LogP contribution in [0.3, 0.4) is 0 Å². The number of aryl methyl sites for hydroxylation is 1. The van der Waals surface area contributed by atoms with Crippen molar-refractivity contribution in [2.75, 3.05) is 75.4 Å². The summed E-state index contributed by atoms with van der Waals surface area (Å²) in [4.78, 5) is 76.3. The van der Waals surface area contributed by atoms with E-state index in [2.05, 4.69) is 59.0 Å². The number of nitrogen functional groups attached to an aromatic ring is 1. The van der Waals surface area contributed by atoms with Gasteiger partial charge in [-0.25, -0.2) is 14.8 Å². The van der Waals surface area contributed by atoms with Crippen LogP contribution in [0.4, 0.5) is 35.3 Å². The van der Waals surface area contributed by atoms with Crippen molar-refractivity contribution >= 4 is 64.3 Å². The van der Waals surface area contributed by atoms with Crippen molar-refractivity contribution < 1.29 is 42.3 Å². The highest BCUT2D eigenvalue weighted by Gasteiger charge is 2.39. The van der Waals surface area contributed by atoms with Crippen LogP contribution in [-0.2, 0) is 15.8 Å². The molecule has 7 heterocycles. The molecule has 9 rings (SSSR count). The van der Waals surface area contributed by atoms with Crippen molar-refractivity contribution in [3.63, 3.8) is 0 Å². The third kappa shape index (κ3) is 13.5. The van der Waals surface area contributed by atoms with Gasteiger partial charge in [-0.2, -0.15) is 18.3 Å². The highest BCUT2D eigenvalue weighted by atomic mass is 19.4. The number of carbonyl (C=O) groups excluding carboxylic acids is 5. The number of hydrogen-bond acceptors (Lipinski definition) is 13. The summed E-state index contributed by atoms with van der Waals surface area (Å²) in [5.74, 6) is -0.769. The molecule has 0 saturated carbocycles. The van der Waals surface area contributed by atoms with Crippen LogP contribution >= 0.6 is 0 Å². The maximum atomic E-state index is 13.2. The van der Waals surface area contributed by atoms with Crippen molar-refractivity contribution in [3.8, 4) is 11.3 Å². The van der Waals surface area contributed by atoms with E-state index in [-0.39, 0.29) is 41.1 Å². The number of pyridine rings is 2. The third-order valence-electron chi connectivity index (χ3n) is 15.2. The number of unbranched alkanes of at least 4 members (excludes halogenated alkanes) is 3. The molecule has 4 aliphatic heterocycles. The molecule has 0 aliphatic carbocycles. The summed E-state index contributed by atoms with van der Waals surface area (Å²) in [7, 11) is 2.05. The summed E-state index contributed by atoms with van der Waals surface area (Å²) >= 11 is 0. The van der Waals surface area contributed by atoms with Gasteiger partial charge in [-0.15, -0.1) is 0 Å². The molecule has 2 atom stereocenters. The Labute approximate surface area is 439 Å². The number of nitrogens with two attached hydrogens (primary N) is 1. The van der Waals surface area contributed by atoms with Crippen LogP contribution in [-0.4, -0.2) is 142 Å². The first-order chi connectivity index (χ1) is 36.5. The second-order valence-corrected chi connectivity index (χ2v) is 20.2. The first kappa shape index (κ1) is 55.2. The van der Waals surface area contributed by atoms with Crippen LogP contribution in [0.25, 0.3) is 28.2 Å². The number of anilines is 3. The number of piperidine rings is 2. The molecule has 1 spiro atoms. The van der Waals surface area contributed by atoms with Crippen LogP contribution in [0.1, 0.15) is 108 Å². The number of fused-ring (bicyclic) bond motifs is 1. The van der Waals surface area contributed by atoms with Gasteiger partial charge in [-0.1, -0.05) is 36.8 Å². The number of rotatable bonds is 16. The summed E-state index contributed by atoms with van der Waals surface area (Å²) in [5.41, 5.74) is 10.8. The minimum Gasteiger partial charge on any atom is -0.383 e. The lowest BCUT2D eigenvalue weighted by molar-refractivity contribution is -0.137. The Morgan fingerprint density at radius 3 is 2.38 bits per heavy atom. The average molecular weight is 1050 g/mol. The molecule has 5 amide bonds. The largest absolute Gasteiger partial charge is 0.416 e. The van der Waals surface area contributed by atoms with Crippen molar-refractivity contribution in [2.45, 2.75) is 96.0 Å². The number of amides is 5. The smallest absolute Gasteiger partial charge is 0.383 e. The number of aliphatic hydroxyl groups is 1. The highest BCUT2D eigenvalue weighted by molar-refractivity contribution is 6.07. The lowest BCUT2D eigenvalue weighted by Gasteiger charge is -2.46. The second-order valence-electron chi connectivity index (χ2n) is 20.2. The first-order valence-corrected chi connectivity index (χ1v) is 26.1. The number of hydrogen-bond donors (Lipinski definition) is 6. The monoisotopic (exact) mass is 1050 g/mol. The number of benzene rings is 2. The zero-order valence-electron chi connectivity index (χ0n) is 43.0. The van der Waals surface area contributed by atoms with Crippen molar-refractivity contribution in [1.29, 1.82) is 0 Å². The standard InChI is InChI=1S/C32H37F3N8O2.C23H30N4O4/c1-43-17-7-9-24(43)31(45)38-15-6-4-2-3-5-8-22-19-39-29(36)26-27(41-42-28(22)26)20-10-12-21(13-11-20)30(44)40-25-18-23(14-16-37-25)32(33,34)35;1-17-2-3-18(16-19(17)27-9-4-20(29)24-22(27)31)21(30)26-12-7-23(8-13-26)5-10-25(11-6-23)14-15-28/h5,8,10-14,16,18-19,24,31,38,45H,2-4,6-7,9,15,17H2,1H3,(H2,36,39)(H,41,42)(H,37,40,44);2-3,15-16H,4-14H2,1H3,(H,24,29,31)/b8-5+;. The molecule has 5 aromatic rings. The van der Waals surface area contributed by atoms with E-state index in [0.717, 1.165) is 139 Å². The molecule has 2 aromatic carbocycles. The van der Waals surface area contributed by atoms with Crippen molar-refractivity contribution in [1.82, 2.24) is 45.5 Å². The Morgan fingerprint density at radius 1 is 0.947 bits per heavy atom. The Balaban J connectivity index is 0.000000215. The van der Waals surface area contributed by atoms with Crippen LogP contribution < -0.4 is 26.6 Å². The second kappa shape index (κ2) is 24.7. The molecule has 7 N–H and O–H groups in total. The van der Waals surface area contributed by atoms with E-state index >= 15 is 0 Å². The van der Waals surface area contributed by atoms with Gasteiger partial charge in [0.05, 0.1) is 23.2 Å². The predicted molar refractivity (Wildman–Crippen MR) is 284 cm³/mol. The maximum absolute atomic E-state index is 13.2. The number of carbonyl (C=O) groups is 5. The highest BCUT2D eigenvalue weighted by Crippen LogP contribution is 2.42. The lowest BCUT2D eigenvalue weighted by Crippen LogP contribution is -2.50. The summed E-state index contributed by atoms with van der Waals surface area (Å²) in [5, 5.41) is 26.5. The molecule has 21 heteroatoms. The fourth-order valence-corrected chi connectivity index (χ4v) is 10.6. The summed E-state index contributed by atoms with van der Waals surface area (Å²) in [6, 6.07) is 13.3. The van der Waals surface area contributed by atoms with E-state index in [9.17, 15) is 42.3 Å². The molecular weight excluding hydrogens is 982 g/mol. The van der Waals surface area contributed by atoms with Crippen LogP contribution in [0.15, 0.2) is 73.1 Å². The summed E-state index contributed by atoms with van der Waals surface area (Å²) < 4.78 is 39.0. The number of allylic oxidation sites excluding steroid dienone is 1. The Hall–Kier alpha value is -7.07. The topological polar surface area (TPSA) is 235 Å². The van der Waals surface area contributed by atoms with E-state index in [1.165, 1.54) is 4.90 Å². The fourth-order valence-electron chi connectivity index (χ4n) is 10.6. The fraction of sp³-hybridized carbons (Fsp3) is 0.455. The number of aromatic nitrogens is 4. The molecule has 76 heavy (non-hydrogen) atoms. The quantitative estimate of drug-likeness (QED) is 0.0321. The number of likely N-dealkylation sites (tertiary alicyclic amines) is 3. The van der Waals surface area contributed by atoms with Gasteiger partial charge in [0, 0.05) is 72.4 Å². The zero-order chi connectivity index (χ0) is 54.0. The van der Waals surface area contributed by atoms with Crippen LogP contribution in [0.5, 0.6) is 0 Å². The number of H-pyrrole nitrogens is 1. The number of imide groups is 1. The lowest BCUT2D eigenvalue weighted by atomic mass is 9.71. The number of halogens is 3. The number of nitrogens with one attached hydrogen (secondary N) is 4. The molecule has 18 nitrogen and oxygen atoms in total. The van der Waals surface area contributed by atoms with E-state index in [4.69, 9.17) is 5.73 Å². The average Bonchev–Trinajstić information content (AvgIpc) is 4.07. The van der Waals surface area contributed by atoms with Crippen LogP contribution in [0.2, 0.25) is 0 Å². The van der Waals surface area contributed by atoms with Gasteiger partial charge in [0.1, 0.15) is 29.7 Å². The number of nitrogens with zero attached hydrogens (tertiary/aromatic N) is 7. The summed E-state index contributed by atoms with van der Waals surface area (Å²) in [6.07, 6.45) is 13.2. The number of aromatic amines is 1. The molecule has 2 unspecified atom stereocenters. The van der Waals surface area contributed by atoms with Gasteiger partial charge in [0.15, 0.2) is 0 Å². The number of alkyl halides is 3. The zero-order valence-corrected chi connectivity index (χ0v) is 43.0. The van der Waals surface area contributed by atoms with E-state index in [1.54, 1.807) is 36.5 Å². The van der Waals surface area contributed by atoms with Gasteiger partial charge in [0.25, 0.3) is 11.8 Å². The maximum Gasteiger partial charge on any atom is 0.416 e. The predicted octanol–water partition coefficient (Wildman–Crippen LogP) is 7.41. The molecule has 3 aromatic heterocycles. The molecule has 4 saturated heterocycles. The molecule has 0 bridgehead atoms. The third-order valence-corrected chi connectivity index (χ3v) is 15.2. The molecular formula is C55H67F3N12O6. The normalized spacial score (nSPS) is 18.7. The number of aldehydes is 1. The van der Waals surface area contributed by atoms with Crippen molar-refractivity contribution in [3.05, 3.63) is 101 Å². The molecule has 4 aliphatic rings. The van der Waals surface area contributed by atoms with E-state index in [1.807, 2.05) is 30.0 Å². The molecule has 4 fully saturated rings. The first-order valence-electron chi connectivity index (χ1n) is 26.1. The number of likely N-dealkylation sites (N-methyl/N-ethyl adjacent to an activating group) is 1. The van der Waals surface area contributed by atoms with Gasteiger partial charge in [-0.3, -0.25) is 44.8 Å².